The minimum atomic E-state index is -0.626. The largest absolute Gasteiger partial charge is 0.442 e. The zero-order valence-electron chi connectivity index (χ0n) is 16.5. The van der Waals surface area contributed by atoms with Crippen molar-refractivity contribution in [3.05, 3.63) is 53.0 Å². The molecule has 1 aromatic carbocycles. The van der Waals surface area contributed by atoms with E-state index in [1.54, 1.807) is 58.0 Å². The van der Waals surface area contributed by atoms with Crippen molar-refractivity contribution in [1.82, 2.24) is 9.78 Å². The predicted octanol–water partition coefficient (Wildman–Crippen LogP) is 4.84. The zero-order chi connectivity index (χ0) is 20.5. The van der Waals surface area contributed by atoms with Gasteiger partial charge in [-0.1, -0.05) is 24.3 Å². The molecule has 0 aliphatic heterocycles. The predicted molar refractivity (Wildman–Crippen MR) is 106 cm³/mol. The van der Waals surface area contributed by atoms with Gasteiger partial charge in [0.1, 0.15) is 5.60 Å². The van der Waals surface area contributed by atoms with Crippen LogP contribution in [0.5, 0.6) is 0 Å². The van der Waals surface area contributed by atoms with E-state index in [0.717, 1.165) is 24.1 Å². The third kappa shape index (κ3) is 4.58. The Kier molecular flexibility index (Phi) is 5.23. The number of carbonyl (C=O) groups is 2. The molecule has 0 saturated heterocycles. The van der Waals surface area contributed by atoms with Gasteiger partial charge in [0.15, 0.2) is 11.5 Å². The van der Waals surface area contributed by atoms with E-state index in [2.05, 4.69) is 15.3 Å². The van der Waals surface area contributed by atoms with Crippen LogP contribution in [0, 0.1) is 6.57 Å². The highest BCUT2D eigenvalue weighted by molar-refractivity contribution is 5.95. The molecule has 1 amide bonds. The van der Waals surface area contributed by atoms with Crippen molar-refractivity contribution >= 4 is 23.5 Å². The highest BCUT2D eigenvalue weighted by Crippen LogP contribution is 2.41. The minimum Gasteiger partial charge on any atom is -0.442 e. The summed E-state index contributed by atoms with van der Waals surface area (Å²) in [4.78, 5) is 28.5. The van der Waals surface area contributed by atoms with Gasteiger partial charge in [-0.15, -0.1) is 5.10 Å². The van der Waals surface area contributed by atoms with Crippen molar-refractivity contribution in [1.29, 1.82) is 0 Å². The van der Waals surface area contributed by atoms with Gasteiger partial charge in [-0.3, -0.25) is 4.79 Å². The van der Waals surface area contributed by atoms with Gasteiger partial charge in [0.25, 0.3) is 0 Å². The lowest BCUT2D eigenvalue weighted by Crippen LogP contribution is -2.28. The average molecular weight is 380 g/mol. The zero-order valence-corrected chi connectivity index (χ0v) is 16.5. The Morgan fingerprint density at radius 1 is 1.29 bits per heavy atom. The lowest BCUT2D eigenvalue weighted by molar-refractivity contribution is -0.117. The fourth-order valence-electron chi connectivity index (χ4n) is 2.80. The van der Waals surface area contributed by atoms with Gasteiger partial charge in [-0.25, -0.2) is 9.64 Å². The van der Waals surface area contributed by atoms with Crippen LogP contribution in [0.15, 0.2) is 30.3 Å². The fourth-order valence-corrected chi connectivity index (χ4v) is 2.80. The van der Waals surface area contributed by atoms with Crippen LogP contribution in [-0.2, 0) is 9.53 Å². The number of anilines is 1. The second kappa shape index (κ2) is 7.47. The number of carbonyl (C=O) groups excluding carboxylic acids is 2. The maximum Gasteiger partial charge on any atom is 0.435 e. The van der Waals surface area contributed by atoms with E-state index < -0.39 is 17.6 Å². The molecule has 3 rings (SSSR count). The summed E-state index contributed by atoms with van der Waals surface area (Å²) in [7, 11) is 0. The fraction of sp³-hybridized carbons (Fsp3) is 0.429. The van der Waals surface area contributed by atoms with Crippen molar-refractivity contribution in [3.63, 3.8) is 0 Å². The molecular formula is C21H24N4O3. The number of rotatable bonds is 4. The molecule has 0 bridgehead atoms. The maximum absolute atomic E-state index is 12.6. The van der Waals surface area contributed by atoms with E-state index in [1.807, 2.05) is 0 Å². The smallest absolute Gasteiger partial charge is 0.435 e. The first-order valence-corrected chi connectivity index (χ1v) is 9.29. The van der Waals surface area contributed by atoms with Crippen molar-refractivity contribution in [2.45, 2.75) is 58.0 Å². The first-order chi connectivity index (χ1) is 13.2. The Balaban J connectivity index is 1.76. The van der Waals surface area contributed by atoms with Crippen LogP contribution >= 0.6 is 0 Å². The van der Waals surface area contributed by atoms with E-state index in [4.69, 9.17) is 11.3 Å². The number of hydrogen-bond donors (Lipinski definition) is 1. The monoisotopic (exact) mass is 380 g/mol. The van der Waals surface area contributed by atoms with Crippen LogP contribution in [0.1, 0.15) is 63.6 Å². The molecule has 1 unspecified atom stereocenters. The summed E-state index contributed by atoms with van der Waals surface area (Å²) < 4.78 is 6.68. The number of ether oxygens (including phenoxy) is 1. The Bertz CT molecular complexity index is 928. The Morgan fingerprint density at radius 2 is 1.93 bits per heavy atom. The molecule has 1 aliphatic rings. The van der Waals surface area contributed by atoms with Gasteiger partial charge in [-0.05, 0) is 46.1 Å². The third-order valence-corrected chi connectivity index (χ3v) is 4.47. The number of hydrogen-bond acceptors (Lipinski definition) is 4. The molecule has 1 N–H and O–H groups in total. The normalized spacial score (nSPS) is 14.8. The van der Waals surface area contributed by atoms with Crippen molar-refractivity contribution < 1.29 is 14.3 Å². The van der Waals surface area contributed by atoms with Gasteiger partial charge in [0.05, 0.1) is 18.2 Å². The topological polar surface area (TPSA) is 77.6 Å². The van der Waals surface area contributed by atoms with Gasteiger partial charge >= 0.3 is 6.09 Å². The van der Waals surface area contributed by atoms with Crippen LogP contribution in [-0.4, -0.2) is 27.4 Å². The standard InChI is InChI=1S/C21H24N4O3/c1-13(14-8-10-16(22-5)11-9-14)19(26)23-18-12-17(15-6-7-15)25(24-18)20(27)28-21(2,3)4/h8-13,15H,6-7H2,1-4H3,(H,23,24,26). The highest BCUT2D eigenvalue weighted by atomic mass is 16.6. The van der Waals surface area contributed by atoms with Crippen molar-refractivity contribution in [3.8, 4) is 0 Å². The summed E-state index contributed by atoms with van der Waals surface area (Å²) in [6, 6.07) is 8.66. The molecule has 1 atom stereocenters. The highest BCUT2D eigenvalue weighted by Gasteiger charge is 2.32. The number of aromatic nitrogens is 2. The Hall–Kier alpha value is -3.14. The van der Waals surface area contributed by atoms with Crippen LogP contribution in [0.4, 0.5) is 16.3 Å². The molecule has 1 saturated carbocycles. The third-order valence-electron chi connectivity index (χ3n) is 4.47. The van der Waals surface area contributed by atoms with Crippen LogP contribution in [0.2, 0.25) is 0 Å². The van der Waals surface area contributed by atoms with Crippen LogP contribution < -0.4 is 5.32 Å². The molecule has 1 aliphatic carbocycles. The summed E-state index contributed by atoms with van der Waals surface area (Å²) >= 11 is 0. The number of nitrogens with zero attached hydrogens (tertiary/aromatic N) is 3. The molecule has 1 fully saturated rings. The molecule has 0 spiro atoms. The van der Waals surface area contributed by atoms with E-state index in [-0.39, 0.29) is 11.8 Å². The number of nitrogens with one attached hydrogen (secondary N) is 1. The van der Waals surface area contributed by atoms with Crippen LogP contribution in [0.3, 0.4) is 0 Å². The minimum absolute atomic E-state index is 0.230. The molecule has 7 nitrogen and oxygen atoms in total. The lowest BCUT2D eigenvalue weighted by atomic mass is 10.00. The van der Waals surface area contributed by atoms with E-state index in [9.17, 15) is 9.59 Å². The Morgan fingerprint density at radius 3 is 2.46 bits per heavy atom. The maximum atomic E-state index is 12.6. The Labute approximate surface area is 164 Å². The van der Waals surface area contributed by atoms with Crippen LogP contribution in [0.25, 0.3) is 4.85 Å². The molecule has 7 heteroatoms. The molecule has 2 aromatic rings. The second-order valence-electron chi connectivity index (χ2n) is 8.04. The average Bonchev–Trinajstić information content (AvgIpc) is 3.40. The molecule has 1 aromatic heterocycles. The summed E-state index contributed by atoms with van der Waals surface area (Å²) in [5.41, 5.74) is 1.47. The van der Waals surface area contributed by atoms with Crippen molar-refractivity contribution in [2.24, 2.45) is 0 Å². The van der Waals surface area contributed by atoms with Gasteiger partial charge in [0.2, 0.25) is 5.91 Å². The first kappa shape index (κ1) is 19.6. The summed E-state index contributed by atoms with van der Waals surface area (Å²) in [6.07, 6.45) is 1.44. The molecule has 28 heavy (non-hydrogen) atoms. The van der Waals surface area contributed by atoms with E-state index >= 15 is 0 Å². The molecular weight excluding hydrogens is 356 g/mol. The summed E-state index contributed by atoms with van der Waals surface area (Å²) in [5.74, 6) is -0.0470. The lowest BCUT2D eigenvalue weighted by Gasteiger charge is -2.19. The molecule has 146 valence electrons. The summed E-state index contributed by atoms with van der Waals surface area (Å²) in [6.45, 7) is 14.2. The summed E-state index contributed by atoms with van der Waals surface area (Å²) in [5, 5.41) is 7.06. The van der Waals surface area contributed by atoms with E-state index in [0.29, 0.717) is 11.5 Å². The quantitative estimate of drug-likeness (QED) is 0.770. The molecule has 1 heterocycles. The SMILES string of the molecule is [C-]#[N+]c1ccc(C(C)C(=O)Nc2cc(C3CC3)n(C(=O)OC(C)(C)C)n2)cc1. The van der Waals surface area contributed by atoms with Crippen molar-refractivity contribution in [2.75, 3.05) is 5.32 Å². The van der Waals surface area contributed by atoms with Gasteiger partial charge in [-0.2, -0.15) is 4.68 Å². The first-order valence-electron chi connectivity index (χ1n) is 9.29. The molecule has 0 radical (unpaired) electrons. The van der Waals surface area contributed by atoms with Gasteiger partial charge in [0, 0.05) is 12.0 Å². The number of amides is 1. The van der Waals surface area contributed by atoms with Gasteiger partial charge < -0.3 is 10.1 Å². The van der Waals surface area contributed by atoms with E-state index in [1.165, 1.54) is 4.68 Å². The second-order valence-corrected chi connectivity index (χ2v) is 8.04. The number of benzene rings is 1.